The van der Waals surface area contributed by atoms with Crippen molar-refractivity contribution in [3.8, 4) is 0 Å². The molecule has 0 radical (unpaired) electrons. The fraction of sp³-hybridized carbons (Fsp3) is 0.571. The molecule has 1 rings (SSSR count). The molecule has 0 aromatic heterocycles. The lowest BCUT2D eigenvalue weighted by Crippen LogP contribution is -2.15. The number of hydrogen-bond donors (Lipinski definition) is 1. The van der Waals surface area contributed by atoms with E-state index in [1.165, 1.54) is 12.1 Å². The molecule has 0 aliphatic carbocycles. The van der Waals surface area contributed by atoms with E-state index >= 15 is 0 Å². The van der Waals surface area contributed by atoms with Gasteiger partial charge in [0.25, 0.3) is 0 Å². The van der Waals surface area contributed by atoms with Gasteiger partial charge < -0.3 is 5.73 Å². The van der Waals surface area contributed by atoms with Crippen LogP contribution in [0.4, 0.5) is 4.39 Å². The lowest BCUT2D eigenvalue weighted by atomic mass is 9.84. The molecule has 16 heavy (non-hydrogen) atoms. The fourth-order valence-electron chi connectivity index (χ4n) is 1.76. The van der Waals surface area contributed by atoms with Crippen molar-refractivity contribution in [3.05, 3.63) is 35.6 Å². The Hall–Kier alpha value is -0.890. The molecule has 1 nitrogen and oxygen atoms in total. The smallest absolute Gasteiger partial charge is 0.123 e. The van der Waals surface area contributed by atoms with E-state index in [0.717, 1.165) is 18.4 Å². The molecule has 0 fully saturated rings. The standard InChI is InChI=1S/C14H22FN/c1-14(2,3)9-8-12(10-16)11-4-6-13(15)7-5-11/h4-7,12H,8-10,16H2,1-3H3. The number of hydrogen-bond acceptors (Lipinski definition) is 1. The Morgan fingerprint density at radius 1 is 1.19 bits per heavy atom. The highest BCUT2D eigenvalue weighted by atomic mass is 19.1. The number of halogens is 1. The lowest BCUT2D eigenvalue weighted by Gasteiger charge is -2.22. The van der Waals surface area contributed by atoms with Gasteiger partial charge in [-0.05, 0) is 48.4 Å². The van der Waals surface area contributed by atoms with Crippen LogP contribution in [0.1, 0.15) is 45.1 Å². The Kier molecular flexibility index (Phi) is 4.48. The van der Waals surface area contributed by atoms with E-state index in [4.69, 9.17) is 5.73 Å². The van der Waals surface area contributed by atoms with Gasteiger partial charge in [0, 0.05) is 0 Å². The molecule has 1 aromatic rings. The third-order valence-electron chi connectivity index (χ3n) is 2.87. The van der Waals surface area contributed by atoms with Gasteiger partial charge in [-0.1, -0.05) is 32.9 Å². The van der Waals surface area contributed by atoms with Crippen molar-refractivity contribution in [2.75, 3.05) is 6.54 Å². The van der Waals surface area contributed by atoms with E-state index < -0.39 is 0 Å². The molecule has 0 amide bonds. The Morgan fingerprint density at radius 3 is 2.19 bits per heavy atom. The van der Waals surface area contributed by atoms with Gasteiger partial charge in [0.2, 0.25) is 0 Å². The van der Waals surface area contributed by atoms with Crippen molar-refractivity contribution in [2.24, 2.45) is 11.1 Å². The monoisotopic (exact) mass is 223 g/mol. The second kappa shape index (κ2) is 5.44. The van der Waals surface area contributed by atoms with E-state index in [9.17, 15) is 4.39 Å². The molecule has 2 N–H and O–H groups in total. The molecule has 0 aliphatic rings. The average Bonchev–Trinajstić information content (AvgIpc) is 2.20. The van der Waals surface area contributed by atoms with Gasteiger partial charge in [0.15, 0.2) is 0 Å². The molecule has 2 heteroatoms. The molecular formula is C14H22FN. The van der Waals surface area contributed by atoms with Crippen molar-refractivity contribution in [2.45, 2.75) is 39.5 Å². The summed E-state index contributed by atoms with van der Waals surface area (Å²) in [6.45, 7) is 7.31. The molecule has 0 heterocycles. The Morgan fingerprint density at radius 2 is 1.75 bits per heavy atom. The topological polar surface area (TPSA) is 26.0 Å². The van der Waals surface area contributed by atoms with Gasteiger partial charge in [-0.15, -0.1) is 0 Å². The van der Waals surface area contributed by atoms with E-state index in [1.54, 1.807) is 0 Å². The number of nitrogens with two attached hydrogens (primary N) is 1. The van der Waals surface area contributed by atoms with Gasteiger partial charge in [-0.25, -0.2) is 4.39 Å². The summed E-state index contributed by atoms with van der Waals surface area (Å²) in [7, 11) is 0. The van der Waals surface area contributed by atoms with E-state index in [0.29, 0.717) is 17.9 Å². The van der Waals surface area contributed by atoms with Crippen molar-refractivity contribution in [1.29, 1.82) is 0 Å². The highest BCUT2D eigenvalue weighted by Crippen LogP contribution is 2.28. The van der Waals surface area contributed by atoms with Crippen molar-refractivity contribution < 1.29 is 4.39 Å². The van der Waals surface area contributed by atoms with Crippen LogP contribution in [-0.2, 0) is 0 Å². The molecule has 0 bridgehead atoms. The molecule has 0 saturated carbocycles. The molecule has 1 atom stereocenters. The quantitative estimate of drug-likeness (QED) is 0.827. The summed E-state index contributed by atoms with van der Waals surface area (Å²) in [5.41, 5.74) is 7.25. The van der Waals surface area contributed by atoms with Crippen LogP contribution in [0, 0.1) is 11.2 Å². The summed E-state index contributed by atoms with van der Waals surface area (Å²) >= 11 is 0. The van der Waals surface area contributed by atoms with Gasteiger partial charge in [-0.2, -0.15) is 0 Å². The summed E-state index contributed by atoms with van der Waals surface area (Å²) in [5.74, 6) is 0.162. The molecule has 90 valence electrons. The van der Waals surface area contributed by atoms with Gasteiger partial charge in [0.05, 0.1) is 0 Å². The Labute approximate surface area is 97.9 Å². The summed E-state index contributed by atoms with van der Waals surface area (Å²) < 4.78 is 12.8. The molecule has 0 aliphatic heterocycles. The predicted molar refractivity (Wildman–Crippen MR) is 66.9 cm³/mol. The van der Waals surface area contributed by atoms with Crippen LogP contribution in [-0.4, -0.2) is 6.54 Å². The molecular weight excluding hydrogens is 201 g/mol. The predicted octanol–water partition coefficient (Wildman–Crippen LogP) is 3.69. The third-order valence-corrected chi connectivity index (χ3v) is 2.87. The zero-order valence-corrected chi connectivity index (χ0v) is 10.5. The maximum atomic E-state index is 12.8. The second-order valence-corrected chi connectivity index (χ2v) is 5.58. The van der Waals surface area contributed by atoms with E-state index in [1.807, 2.05) is 12.1 Å². The molecule has 0 spiro atoms. The highest BCUT2D eigenvalue weighted by Gasteiger charge is 2.15. The highest BCUT2D eigenvalue weighted by molar-refractivity contribution is 5.20. The van der Waals surface area contributed by atoms with Crippen molar-refractivity contribution in [1.82, 2.24) is 0 Å². The van der Waals surface area contributed by atoms with Crippen LogP contribution in [0.2, 0.25) is 0 Å². The minimum Gasteiger partial charge on any atom is -0.330 e. The van der Waals surface area contributed by atoms with E-state index in [-0.39, 0.29) is 5.82 Å². The van der Waals surface area contributed by atoms with Gasteiger partial charge >= 0.3 is 0 Å². The zero-order valence-electron chi connectivity index (χ0n) is 10.5. The van der Waals surface area contributed by atoms with Crippen LogP contribution in [0.3, 0.4) is 0 Å². The average molecular weight is 223 g/mol. The Bertz CT molecular complexity index is 311. The first-order chi connectivity index (χ1) is 7.42. The SMILES string of the molecule is CC(C)(C)CCC(CN)c1ccc(F)cc1. The summed E-state index contributed by atoms with van der Waals surface area (Å²) in [4.78, 5) is 0. The first-order valence-corrected chi connectivity index (χ1v) is 5.88. The molecule has 1 aromatic carbocycles. The van der Waals surface area contributed by atoms with Crippen LogP contribution in [0.5, 0.6) is 0 Å². The van der Waals surface area contributed by atoms with E-state index in [2.05, 4.69) is 20.8 Å². The van der Waals surface area contributed by atoms with Crippen LogP contribution in [0.25, 0.3) is 0 Å². The zero-order chi connectivity index (χ0) is 12.2. The first kappa shape index (κ1) is 13.2. The second-order valence-electron chi connectivity index (χ2n) is 5.58. The van der Waals surface area contributed by atoms with Crippen LogP contribution >= 0.6 is 0 Å². The molecule has 1 unspecified atom stereocenters. The normalized spacial score (nSPS) is 13.8. The number of benzene rings is 1. The Balaban J connectivity index is 2.64. The van der Waals surface area contributed by atoms with Crippen molar-refractivity contribution >= 4 is 0 Å². The fourth-order valence-corrected chi connectivity index (χ4v) is 1.76. The van der Waals surface area contributed by atoms with Gasteiger partial charge in [-0.3, -0.25) is 0 Å². The van der Waals surface area contributed by atoms with Crippen LogP contribution < -0.4 is 5.73 Å². The summed E-state index contributed by atoms with van der Waals surface area (Å²) in [5, 5.41) is 0. The minimum absolute atomic E-state index is 0.185. The maximum Gasteiger partial charge on any atom is 0.123 e. The first-order valence-electron chi connectivity index (χ1n) is 5.88. The lowest BCUT2D eigenvalue weighted by molar-refractivity contribution is 0.349. The largest absolute Gasteiger partial charge is 0.330 e. The summed E-state index contributed by atoms with van der Waals surface area (Å²) in [6.07, 6.45) is 2.19. The van der Waals surface area contributed by atoms with Gasteiger partial charge in [0.1, 0.15) is 5.82 Å². The van der Waals surface area contributed by atoms with Crippen molar-refractivity contribution in [3.63, 3.8) is 0 Å². The van der Waals surface area contributed by atoms with Crippen LogP contribution in [0.15, 0.2) is 24.3 Å². The third kappa shape index (κ3) is 4.31. The minimum atomic E-state index is -0.185. The maximum absolute atomic E-state index is 12.8. The summed E-state index contributed by atoms with van der Waals surface area (Å²) in [6, 6.07) is 6.70. The molecule has 0 saturated heterocycles. The number of rotatable bonds is 4.